The minimum absolute atomic E-state index is 0.138. The van der Waals surface area contributed by atoms with Crippen molar-refractivity contribution in [1.82, 2.24) is 0 Å². The molecule has 4 heteroatoms. The monoisotopic (exact) mass is 284 g/mol. The van der Waals surface area contributed by atoms with Crippen molar-refractivity contribution in [3.63, 3.8) is 0 Å². The lowest BCUT2D eigenvalue weighted by Crippen LogP contribution is -2.07. The van der Waals surface area contributed by atoms with Crippen LogP contribution in [-0.4, -0.2) is 11.1 Å². The Hall–Kier alpha value is -2.49. The predicted octanol–water partition coefficient (Wildman–Crippen LogP) is 3.45. The van der Waals surface area contributed by atoms with E-state index in [0.717, 1.165) is 23.2 Å². The number of nitrogens with one attached hydrogen (secondary N) is 1. The molecular weight excluding hydrogens is 264 g/mol. The summed E-state index contributed by atoms with van der Waals surface area (Å²) in [5.41, 5.74) is 10.2. The number of hydrogen-bond donors (Lipinski definition) is 3. The van der Waals surface area contributed by atoms with E-state index >= 15 is 0 Å². The maximum absolute atomic E-state index is 11.2. The maximum Gasteiger partial charge on any atom is 0.337 e. The largest absolute Gasteiger partial charge is 0.478 e. The fourth-order valence-corrected chi connectivity index (χ4v) is 2.17. The highest BCUT2D eigenvalue weighted by Crippen LogP contribution is 2.23. The van der Waals surface area contributed by atoms with Gasteiger partial charge in [0.1, 0.15) is 0 Å². The van der Waals surface area contributed by atoms with Gasteiger partial charge in [0.05, 0.1) is 5.56 Å². The van der Waals surface area contributed by atoms with E-state index in [9.17, 15) is 4.79 Å². The summed E-state index contributed by atoms with van der Waals surface area (Å²) in [5, 5.41) is 12.4. The number of carboxylic acid groups (broad SMARTS) is 1. The van der Waals surface area contributed by atoms with Crippen LogP contribution in [0.4, 0.5) is 11.4 Å². The molecular formula is C17H20N2O2. The number of aryl methyl sites for hydroxylation is 2. The molecule has 21 heavy (non-hydrogen) atoms. The van der Waals surface area contributed by atoms with Gasteiger partial charge in [-0.1, -0.05) is 31.2 Å². The third-order valence-corrected chi connectivity index (χ3v) is 3.55. The molecule has 0 aliphatic rings. The van der Waals surface area contributed by atoms with Gasteiger partial charge >= 0.3 is 5.97 Å². The molecule has 0 radical (unpaired) electrons. The molecule has 0 spiro atoms. The number of carboxylic acids is 1. The van der Waals surface area contributed by atoms with Gasteiger partial charge in [0, 0.05) is 17.9 Å². The zero-order valence-electron chi connectivity index (χ0n) is 12.3. The number of rotatable bonds is 5. The van der Waals surface area contributed by atoms with Crippen molar-refractivity contribution >= 4 is 17.3 Å². The molecule has 0 fully saturated rings. The molecule has 2 aromatic rings. The van der Waals surface area contributed by atoms with Crippen molar-refractivity contribution in [3.8, 4) is 0 Å². The lowest BCUT2D eigenvalue weighted by molar-refractivity contribution is 0.0698. The average molecular weight is 284 g/mol. The second-order valence-electron chi connectivity index (χ2n) is 5.08. The van der Waals surface area contributed by atoms with E-state index in [1.807, 2.05) is 13.0 Å². The van der Waals surface area contributed by atoms with Crippen LogP contribution in [-0.2, 0) is 13.0 Å². The Labute approximate surface area is 124 Å². The van der Waals surface area contributed by atoms with Crippen LogP contribution in [0.15, 0.2) is 36.4 Å². The molecule has 0 aromatic heterocycles. The first-order chi connectivity index (χ1) is 10.0. The van der Waals surface area contributed by atoms with Crippen LogP contribution >= 0.6 is 0 Å². The highest BCUT2D eigenvalue weighted by molar-refractivity contribution is 5.95. The van der Waals surface area contributed by atoms with Gasteiger partial charge in [0.15, 0.2) is 0 Å². The average Bonchev–Trinajstić information content (AvgIpc) is 2.48. The number of hydrogen-bond acceptors (Lipinski definition) is 3. The van der Waals surface area contributed by atoms with E-state index < -0.39 is 5.97 Å². The minimum Gasteiger partial charge on any atom is -0.478 e. The fraction of sp³-hybridized carbons (Fsp3) is 0.235. The molecule has 0 aliphatic heterocycles. The Morgan fingerprint density at radius 2 is 1.81 bits per heavy atom. The lowest BCUT2D eigenvalue weighted by Gasteiger charge is -2.11. The molecule has 0 saturated heterocycles. The maximum atomic E-state index is 11.2. The highest BCUT2D eigenvalue weighted by atomic mass is 16.4. The Bertz CT molecular complexity index is 649. The normalized spacial score (nSPS) is 10.4. The van der Waals surface area contributed by atoms with E-state index in [4.69, 9.17) is 10.8 Å². The van der Waals surface area contributed by atoms with Gasteiger partial charge < -0.3 is 16.2 Å². The Balaban J connectivity index is 2.14. The minimum atomic E-state index is -1.01. The van der Waals surface area contributed by atoms with Crippen LogP contribution < -0.4 is 11.1 Å². The zero-order chi connectivity index (χ0) is 15.4. The van der Waals surface area contributed by atoms with Crippen LogP contribution in [0.25, 0.3) is 0 Å². The third kappa shape index (κ3) is 3.54. The number of anilines is 2. The molecule has 0 amide bonds. The first-order valence-corrected chi connectivity index (χ1v) is 6.96. The smallest absolute Gasteiger partial charge is 0.337 e. The summed E-state index contributed by atoms with van der Waals surface area (Å²) in [6.07, 6.45) is 1.02. The number of nitrogen functional groups attached to an aromatic ring is 1. The Morgan fingerprint density at radius 1 is 1.19 bits per heavy atom. The van der Waals surface area contributed by atoms with E-state index in [1.165, 1.54) is 5.56 Å². The summed E-state index contributed by atoms with van der Waals surface area (Å²) in [4.78, 5) is 11.2. The number of nitrogens with two attached hydrogens (primary N) is 1. The van der Waals surface area contributed by atoms with Gasteiger partial charge in [0.2, 0.25) is 0 Å². The second kappa shape index (κ2) is 6.31. The predicted molar refractivity (Wildman–Crippen MR) is 85.7 cm³/mol. The fourth-order valence-electron chi connectivity index (χ4n) is 2.17. The Kier molecular flexibility index (Phi) is 4.48. The van der Waals surface area contributed by atoms with Gasteiger partial charge in [-0.05, 0) is 42.2 Å². The summed E-state index contributed by atoms with van der Waals surface area (Å²) >= 11 is 0. The van der Waals surface area contributed by atoms with Crippen molar-refractivity contribution in [2.24, 2.45) is 0 Å². The standard InChI is InChI=1S/C17H20N2O2/c1-3-12-4-6-13(7-5-12)10-19-14-8-11(2)16(18)15(9-14)17(20)21/h4-9,19H,3,10,18H2,1-2H3,(H,20,21). The number of benzene rings is 2. The summed E-state index contributed by atoms with van der Waals surface area (Å²) in [6, 6.07) is 11.8. The van der Waals surface area contributed by atoms with E-state index in [0.29, 0.717) is 12.2 Å². The van der Waals surface area contributed by atoms with E-state index in [1.54, 1.807) is 6.07 Å². The van der Waals surface area contributed by atoms with Crippen LogP contribution in [0.2, 0.25) is 0 Å². The summed E-state index contributed by atoms with van der Waals surface area (Å²) in [6.45, 7) is 4.58. The molecule has 0 aliphatic carbocycles. The molecule has 4 nitrogen and oxygen atoms in total. The van der Waals surface area contributed by atoms with Crippen LogP contribution in [0.3, 0.4) is 0 Å². The molecule has 2 rings (SSSR count). The van der Waals surface area contributed by atoms with Gasteiger partial charge in [0.25, 0.3) is 0 Å². The van der Waals surface area contributed by atoms with Crippen molar-refractivity contribution in [3.05, 3.63) is 58.7 Å². The molecule has 4 N–H and O–H groups in total. The van der Waals surface area contributed by atoms with Gasteiger partial charge in [-0.2, -0.15) is 0 Å². The number of aromatic carboxylic acids is 1. The van der Waals surface area contributed by atoms with Crippen LogP contribution in [0, 0.1) is 6.92 Å². The van der Waals surface area contributed by atoms with Crippen molar-refractivity contribution in [1.29, 1.82) is 0 Å². The van der Waals surface area contributed by atoms with Crippen LogP contribution in [0.1, 0.15) is 34.0 Å². The van der Waals surface area contributed by atoms with Crippen molar-refractivity contribution in [2.75, 3.05) is 11.1 Å². The molecule has 0 bridgehead atoms. The van der Waals surface area contributed by atoms with Gasteiger partial charge in [-0.25, -0.2) is 4.79 Å². The molecule has 0 atom stereocenters. The second-order valence-corrected chi connectivity index (χ2v) is 5.08. The topological polar surface area (TPSA) is 75.3 Å². The molecule has 0 saturated carbocycles. The van der Waals surface area contributed by atoms with Crippen molar-refractivity contribution < 1.29 is 9.90 Å². The quantitative estimate of drug-likeness (QED) is 0.735. The lowest BCUT2D eigenvalue weighted by atomic mass is 10.1. The first kappa shape index (κ1) is 14.9. The van der Waals surface area contributed by atoms with Gasteiger partial charge in [-0.15, -0.1) is 0 Å². The van der Waals surface area contributed by atoms with E-state index in [-0.39, 0.29) is 5.56 Å². The highest BCUT2D eigenvalue weighted by Gasteiger charge is 2.11. The van der Waals surface area contributed by atoms with Crippen molar-refractivity contribution in [2.45, 2.75) is 26.8 Å². The zero-order valence-corrected chi connectivity index (χ0v) is 12.3. The van der Waals surface area contributed by atoms with Crippen LogP contribution in [0.5, 0.6) is 0 Å². The summed E-state index contributed by atoms with van der Waals surface area (Å²) in [7, 11) is 0. The first-order valence-electron chi connectivity index (χ1n) is 6.96. The number of carbonyl (C=O) groups is 1. The molecule has 110 valence electrons. The third-order valence-electron chi connectivity index (χ3n) is 3.55. The summed E-state index contributed by atoms with van der Waals surface area (Å²) < 4.78 is 0. The SMILES string of the molecule is CCc1ccc(CNc2cc(C)c(N)c(C(=O)O)c2)cc1. The molecule has 2 aromatic carbocycles. The van der Waals surface area contributed by atoms with E-state index in [2.05, 4.69) is 36.5 Å². The van der Waals surface area contributed by atoms with Gasteiger partial charge in [-0.3, -0.25) is 0 Å². The molecule has 0 unspecified atom stereocenters. The summed E-state index contributed by atoms with van der Waals surface area (Å²) in [5.74, 6) is -1.01. The molecule has 0 heterocycles. The Morgan fingerprint density at radius 3 is 2.38 bits per heavy atom.